The van der Waals surface area contributed by atoms with Gasteiger partial charge >= 0.3 is 0 Å². The molecule has 56 valence electrons. The summed E-state index contributed by atoms with van der Waals surface area (Å²) in [5.41, 5.74) is 0.862. The molecule has 1 heterocycles. The van der Waals surface area contributed by atoms with Gasteiger partial charge in [-0.05, 0) is 18.6 Å². The van der Waals surface area contributed by atoms with Crippen molar-refractivity contribution in [3.05, 3.63) is 34.2 Å². The van der Waals surface area contributed by atoms with E-state index in [-0.39, 0.29) is 5.82 Å². The molecule has 0 aliphatic carbocycles. The Balaban J connectivity index is 2.93. The molecule has 0 unspecified atom stereocenters. The summed E-state index contributed by atoms with van der Waals surface area (Å²) >= 11 is 0. The van der Waals surface area contributed by atoms with Crippen LogP contribution in [0.3, 0.4) is 0 Å². The highest BCUT2D eigenvalue weighted by molar-refractivity contribution is 5.15. The molecule has 2 nitrogen and oxygen atoms in total. The number of nitrogens with zero attached hydrogens (tertiary/aromatic N) is 2. The van der Waals surface area contributed by atoms with Crippen molar-refractivity contribution >= 4 is 0 Å². The van der Waals surface area contributed by atoms with Crippen LogP contribution in [0.2, 0.25) is 0 Å². The summed E-state index contributed by atoms with van der Waals surface area (Å²) < 4.78 is 12.7. The summed E-state index contributed by atoms with van der Waals surface area (Å²) in [6.45, 7) is 2.28. The fraction of sp³-hybridized carbons (Fsp3) is 0.250. The average molecular weight is 150 g/mol. The van der Waals surface area contributed by atoms with Gasteiger partial charge in [-0.3, -0.25) is 9.98 Å². The average Bonchev–Trinajstić information content (AvgIpc) is 2.34. The fourth-order valence-corrected chi connectivity index (χ4v) is 1.23. The smallest absolute Gasteiger partial charge is 0.130 e. The highest BCUT2D eigenvalue weighted by Crippen LogP contribution is 1.94. The van der Waals surface area contributed by atoms with Gasteiger partial charge in [-0.15, -0.1) is 0 Å². The van der Waals surface area contributed by atoms with Crippen molar-refractivity contribution in [3.63, 3.8) is 0 Å². The van der Waals surface area contributed by atoms with E-state index >= 15 is 0 Å². The lowest BCUT2D eigenvalue weighted by Crippen LogP contribution is -2.25. The van der Waals surface area contributed by atoms with E-state index in [0.717, 1.165) is 10.9 Å². The van der Waals surface area contributed by atoms with E-state index in [0.29, 0.717) is 12.0 Å². The molecule has 1 aliphatic rings. The van der Waals surface area contributed by atoms with Crippen LogP contribution in [0.5, 0.6) is 0 Å². The van der Waals surface area contributed by atoms with E-state index in [1.165, 1.54) is 12.1 Å². The van der Waals surface area contributed by atoms with Gasteiger partial charge in [-0.2, -0.15) is 0 Å². The lowest BCUT2D eigenvalue weighted by atomic mass is 10.2. The Labute approximate surface area is 63.1 Å². The topological polar surface area (TPSA) is 24.7 Å². The minimum absolute atomic E-state index is 0.234. The molecule has 1 aromatic rings. The predicted octanol–water partition coefficient (Wildman–Crippen LogP) is 0.344. The molecule has 3 heteroatoms. The standard InChI is InChI=1S/C8H7FN2/c1-5-2-6(9)3-7-8(5)11-4-10-7/h2-3H,4H2,1H3. The molecule has 0 amide bonds. The van der Waals surface area contributed by atoms with Crippen molar-refractivity contribution in [2.24, 2.45) is 9.98 Å². The Bertz CT molecular complexity index is 409. The van der Waals surface area contributed by atoms with Gasteiger partial charge < -0.3 is 0 Å². The quantitative estimate of drug-likeness (QED) is 0.509. The minimum atomic E-state index is -0.234. The van der Waals surface area contributed by atoms with Crippen LogP contribution in [0.15, 0.2) is 22.1 Å². The summed E-state index contributed by atoms with van der Waals surface area (Å²) in [5, 5.41) is 1.52. The first-order chi connectivity index (χ1) is 5.27. The number of fused-ring (bicyclic) bond motifs is 1. The van der Waals surface area contributed by atoms with Gasteiger partial charge in [0.1, 0.15) is 12.5 Å². The van der Waals surface area contributed by atoms with Crippen LogP contribution in [-0.4, -0.2) is 6.67 Å². The van der Waals surface area contributed by atoms with Crippen molar-refractivity contribution in [1.29, 1.82) is 0 Å². The van der Waals surface area contributed by atoms with Gasteiger partial charge in [0.2, 0.25) is 0 Å². The Morgan fingerprint density at radius 1 is 1.36 bits per heavy atom. The van der Waals surface area contributed by atoms with Crippen molar-refractivity contribution in [2.45, 2.75) is 6.92 Å². The fourth-order valence-electron chi connectivity index (χ4n) is 1.23. The molecule has 0 fully saturated rings. The molecular weight excluding hydrogens is 143 g/mol. The summed E-state index contributed by atoms with van der Waals surface area (Å²) in [5.74, 6) is -0.234. The monoisotopic (exact) mass is 150 g/mol. The molecule has 2 rings (SSSR count). The number of rotatable bonds is 0. The Morgan fingerprint density at radius 2 is 2.18 bits per heavy atom. The Hall–Kier alpha value is -1.25. The molecular formula is C8H7FN2. The zero-order valence-electron chi connectivity index (χ0n) is 6.13. The van der Waals surface area contributed by atoms with Crippen LogP contribution >= 0.6 is 0 Å². The van der Waals surface area contributed by atoms with Gasteiger partial charge in [0.25, 0.3) is 0 Å². The number of hydrogen-bond donors (Lipinski definition) is 0. The lowest BCUT2D eigenvalue weighted by Gasteiger charge is -1.90. The van der Waals surface area contributed by atoms with E-state index in [2.05, 4.69) is 9.98 Å². The highest BCUT2D eigenvalue weighted by Gasteiger charge is 2.01. The maximum Gasteiger partial charge on any atom is 0.130 e. The number of hydrogen-bond acceptors (Lipinski definition) is 2. The molecule has 0 N–H and O–H groups in total. The second-order valence-corrected chi connectivity index (χ2v) is 2.55. The maximum atomic E-state index is 12.7. The molecule has 0 saturated carbocycles. The summed E-state index contributed by atoms with van der Waals surface area (Å²) in [6.07, 6.45) is 0. The third-order valence-corrected chi connectivity index (χ3v) is 1.72. The zero-order chi connectivity index (χ0) is 7.84. The molecule has 11 heavy (non-hydrogen) atoms. The van der Waals surface area contributed by atoms with E-state index in [1.807, 2.05) is 6.92 Å². The molecule has 0 bridgehead atoms. The molecule has 0 aromatic heterocycles. The van der Waals surface area contributed by atoms with Crippen molar-refractivity contribution < 1.29 is 4.39 Å². The number of halogens is 1. The molecule has 1 aromatic carbocycles. The highest BCUT2D eigenvalue weighted by atomic mass is 19.1. The van der Waals surface area contributed by atoms with Gasteiger partial charge in [0.15, 0.2) is 0 Å². The van der Waals surface area contributed by atoms with Crippen LogP contribution in [0.25, 0.3) is 0 Å². The number of benzene rings is 1. The van der Waals surface area contributed by atoms with Crippen LogP contribution < -0.4 is 10.7 Å². The maximum absolute atomic E-state index is 12.7. The van der Waals surface area contributed by atoms with E-state index in [4.69, 9.17) is 0 Å². The van der Waals surface area contributed by atoms with Crippen LogP contribution in [0, 0.1) is 12.7 Å². The molecule has 0 radical (unpaired) electrons. The largest absolute Gasteiger partial charge is 0.260 e. The first-order valence-corrected chi connectivity index (χ1v) is 3.42. The van der Waals surface area contributed by atoms with Gasteiger partial charge in [-0.25, -0.2) is 4.39 Å². The van der Waals surface area contributed by atoms with Crippen LogP contribution in [0.4, 0.5) is 4.39 Å². The SMILES string of the molecule is Cc1cc(F)cc2c1=NCN=2. The second-order valence-electron chi connectivity index (χ2n) is 2.55. The first-order valence-electron chi connectivity index (χ1n) is 3.42. The summed E-state index contributed by atoms with van der Waals surface area (Å²) in [7, 11) is 0. The number of aryl methyl sites for hydroxylation is 1. The lowest BCUT2D eigenvalue weighted by molar-refractivity contribution is 0.624. The summed E-state index contributed by atoms with van der Waals surface area (Å²) in [4.78, 5) is 8.12. The van der Waals surface area contributed by atoms with Crippen molar-refractivity contribution in [2.75, 3.05) is 6.67 Å². The van der Waals surface area contributed by atoms with Gasteiger partial charge in [-0.1, -0.05) is 0 Å². The van der Waals surface area contributed by atoms with Gasteiger partial charge in [0.05, 0.1) is 10.7 Å². The minimum Gasteiger partial charge on any atom is -0.260 e. The zero-order valence-corrected chi connectivity index (χ0v) is 6.13. The van der Waals surface area contributed by atoms with Crippen molar-refractivity contribution in [1.82, 2.24) is 0 Å². The molecule has 1 aliphatic heterocycles. The van der Waals surface area contributed by atoms with Gasteiger partial charge in [0, 0.05) is 6.07 Å². The first kappa shape index (κ1) is 6.46. The summed E-state index contributed by atoms with van der Waals surface area (Å²) in [6, 6.07) is 2.89. The van der Waals surface area contributed by atoms with E-state index < -0.39 is 0 Å². The third kappa shape index (κ3) is 0.926. The van der Waals surface area contributed by atoms with E-state index in [9.17, 15) is 4.39 Å². The predicted molar refractivity (Wildman–Crippen MR) is 38.3 cm³/mol. The third-order valence-electron chi connectivity index (χ3n) is 1.72. The Kier molecular flexibility index (Phi) is 1.24. The van der Waals surface area contributed by atoms with Crippen LogP contribution in [0.1, 0.15) is 5.56 Å². The Morgan fingerprint density at radius 3 is 3.00 bits per heavy atom. The van der Waals surface area contributed by atoms with Crippen LogP contribution in [-0.2, 0) is 0 Å². The molecule has 0 atom stereocenters. The normalized spacial score (nSPS) is 13.6. The van der Waals surface area contributed by atoms with E-state index in [1.54, 1.807) is 0 Å². The second kappa shape index (κ2) is 2.12. The molecule has 0 spiro atoms. The van der Waals surface area contributed by atoms with Crippen molar-refractivity contribution in [3.8, 4) is 0 Å². The molecule has 0 saturated heterocycles.